The van der Waals surface area contributed by atoms with E-state index in [-0.39, 0.29) is 17.6 Å². The van der Waals surface area contributed by atoms with Crippen LogP contribution in [0.15, 0.2) is 11.0 Å². The molecular formula is C13H19ClN4O3. The summed E-state index contributed by atoms with van der Waals surface area (Å²) in [6.07, 6.45) is 2.44. The van der Waals surface area contributed by atoms with Crippen LogP contribution in [0.4, 0.5) is 5.69 Å². The van der Waals surface area contributed by atoms with E-state index < -0.39 is 11.5 Å². The second-order valence-electron chi connectivity index (χ2n) is 5.39. The molecule has 0 aromatic carbocycles. The van der Waals surface area contributed by atoms with Gasteiger partial charge in [0.05, 0.1) is 19.0 Å². The summed E-state index contributed by atoms with van der Waals surface area (Å²) < 4.78 is 5.51. The van der Waals surface area contributed by atoms with Crippen LogP contribution >= 0.6 is 11.6 Å². The highest BCUT2D eigenvalue weighted by Gasteiger charge is 2.25. The lowest BCUT2D eigenvalue weighted by Crippen LogP contribution is -2.47. The lowest BCUT2D eigenvalue weighted by atomic mass is 9.96. The number of nitrogens with zero attached hydrogens (tertiary/aromatic N) is 3. The maximum atomic E-state index is 12.1. The Kier molecular flexibility index (Phi) is 4.84. The molecule has 116 valence electrons. The van der Waals surface area contributed by atoms with E-state index in [1.807, 2.05) is 4.90 Å². The van der Waals surface area contributed by atoms with Gasteiger partial charge in [0.1, 0.15) is 11.6 Å². The van der Waals surface area contributed by atoms with E-state index in [1.165, 1.54) is 13.3 Å². The Bertz CT molecular complexity index is 579. The van der Waals surface area contributed by atoms with Crippen LogP contribution in [0.5, 0.6) is 0 Å². The second kappa shape index (κ2) is 6.44. The van der Waals surface area contributed by atoms with Crippen LogP contribution in [-0.2, 0) is 16.1 Å². The fourth-order valence-corrected chi connectivity index (χ4v) is 2.84. The monoisotopic (exact) mass is 314 g/mol. The number of carbonyl (C=O) groups is 1. The van der Waals surface area contributed by atoms with Gasteiger partial charge in [-0.25, -0.2) is 4.68 Å². The van der Waals surface area contributed by atoms with Crippen LogP contribution in [0.3, 0.4) is 0 Å². The molecule has 8 heteroatoms. The first-order valence-electron chi connectivity index (χ1n) is 6.75. The first-order chi connectivity index (χ1) is 9.92. The summed E-state index contributed by atoms with van der Waals surface area (Å²) in [6.45, 7) is 3.25. The van der Waals surface area contributed by atoms with Gasteiger partial charge in [-0.1, -0.05) is 18.5 Å². The number of hydrogen-bond acceptors (Lipinski definition) is 6. The summed E-state index contributed by atoms with van der Waals surface area (Å²) in [5.74, 6) is -0.135. The van der Waals surface area contributed by atoms with Crippen LogP contribution in [0.1, 0.15) is 13.3 Å². The molecule has 2 N–H and O–H groups in total. The van der Waals surface area contributed by atoms with E-state index >= 15 is 0 Å². The maximum Gasteiger partial charge on any atom is 0.327 e. The molecule has 1 aromatic heterocycles. The largest absolute Gasteiger partial charge is 0.468 e. The third-order valence-corrected chi connectivity index (χ3v) is 3.86. The lowest BCUT2D eigenvalue weighted by molar-refractivity contribution is -0.141. The molecule has 0 saturated carbocycles. The SMILES string of the molecule is COC(=O)Cn1ncc(N2CC(C)CC(N)C2)c(Cl)c1=O. The van der Waals surface area contributed by atoms with Crippen molar-refractivity contribution in [2.75, 3.05) is 25.1 Å². The minimum absolute atomic E-state index is 0.0438. The summed E-state index contributed by atoms with van der Waals surface area (Å²) >= 11 is 6.15. The Morgan fingerprint density at radius 3 is 2.90 bits per heavy atom. The van der Waals surface area contributed by atoms with Crippen molar-refractivity contribution in [3.8, 4) is 0 Å². The minimum atomic E-state index is -0.554. The van der Waals surface area contributed by atoms with Gasteiger partial charge in [-0.15, -0.1) is 0 Å². The van der Waals surface area contributed by atoms with Gasteiger partial charge in [-0.2, -0.15) is 5.10 Å². The Morgan fingerprint density at radius 2 is 2.29 bits per heavy atom. The summed E-state index contributed by atoms with van der Waals surface area (Å²) in [5.41, 5.74) is 6.06. The zero-order valence-electron chi connectivity index (χ0n) is 12.1. The first-order valence-corrected chi connectivity index (χ1v) is 7.13. The van der Waals surface area contributed by atoms with Crippen molar-refractivity contribution in [3.05, 3.63) is 21.6 Å². The third-order valence-electron chi connectivity index (χ3n) is 3.51. The minimum Gasteiger partial charge on any atom is -0.468 e. The number of methoxy groups -OCH3 is 1. The summed E-state index contributed by atoms with van der Waals surface area (Å²) in [4.78, 5) is 25.3. The molecular weight excluding hydrogens is 296 g/mol. The lowest BCUT2D eigenvalue weighted by Gasteiger charge is -2.36. The van der Waals surface area contributed by atoms with Gasteiger partial charge >= 0.3 is 5.97 Å². The van der Waals surface area contributed by atoms with E-state index in [0.717, 1.165) is 17.6 Å². The summed E-state index contributed by atoms with van der Waals surface area (Å²) in [7, 11) is 1.25. The van der Waals surface area contributed by atoms with Crippen LogP contribution < -0.4 is 16.2 Å². The zero-order chi connectivity index (χ0) is 15.6. The highest BCUT2D eigenvalue weighted by Crippen LogP contribution is 2.26. The van der Waals surface area contributed by atoms with E-state index in [9.17, 15) is 9.59 Å². The Balaban J connectivity index is 2.28. The van der Waals surface area contributed by atoms with Crippen molar-refractivity contribution in [2.24, 2.45) is 11.7 Å². The molecule has 2 heterocycles. The van der Waals surface area contributed by atoms with Crippen LogP contribution in [0.25, 0.3) is 0 Å². The predicted molar refractivity (Wildman–Crippen MR) is 79.5 cm³/mol. The number of carbonyl (C=O) groups excluding carboxylic acids is 1. The molecule has 1 aliphatic heterocycles. The molecule has 0 aliphatic carbocycles. The fourth-order valence-electron chi connectivity index (χ4n) is 2.57. The summed E-state index contributed by atoms with van der Waals surface area (Å²) in [6, 6.07) is 0.0438. The van der Waals surface area contributed by atoms with Gasteiger partial charge in [0.2, 0.25) is 0 Å². The van der Waals surface area contributed by atoms with Crippen molar-refractivity contribution in [1.29, 1.82) is 0 Å². The van der Waals surface area contributed by atoms with E-state index in [0.29, 0.717) is 18.2 Å². The number of esters is 1. The molecule has 1 aromatic rings. The van der Waals surface area contributed by atoms with E-state index in [2.05, 4.69) is 16.8 Å². The molecule has 0 amide bonds. The van der Waals surface area contributed by atoms with Crippen molar-refractivity contribution in [2.45, 2.75) is 25.9 Å². The average molecular weight is 315 g/mol. The Hall–Kier alpha value is -1.60. The fraction of sp³-hybridized carbons (Fsp3) is 0.615. The third kappa shape index (κ3) is 3.54. The number of rotatable bonds is 3. The van der Waals surface area contributed by atoms with Crippen molar-refractivity contribution < 1.29 is 9.53 Å². The smallest absolute Gasteiger partial charge is 0.327 e. The number of anilines is 1. The van der Waals surface area contributed by atoms with E-state index in [4.69, 9.17) is 17.3 Å². The Morgan fingerprint density at radius 1 is 1.57 bits per heavy atom. The number of hydrogen-bond donors (Lipinski definition) is 1. The topological polar surface area (TPSA) is 90.5 Å². The molecule has 2 atom stereocenters. The highest BCUT2D eigenvalue weighted by molar-refractivity contribution is 6.33. The maximum absolute atomic E-state index is 12.1. The van der Waals surface area contributed by atoms with Gasteiger partial charge in [0.15, 0.2) is 0 Å². The molecule has 0 spiro atoms. The Labute approximate surface area is 127 Å². The molecule has 2 rings (SSSR count). The second-order valence-corrected chi connectivity index (χ2v) is 5.77. The number of halogens is 1. The number of piperidine rings is 1. The molecule has 2 unspecified atom stereocenters. The highest BCUT2D eigenvalue weighted by atomic mass is 35.5. The molecule has 1 fully saturated rings. The normalized spacial score (nSPS) is 22.2. The standard InChI is InChI=1S/C13H19ClN4O3/c1-8-3-9(15)6-17(5-8)10-4-16-18(7-11(19)21-2)13(20)12(10)14/h4,8-9H,3,5-7,15H2,1-2H3. The molecule has 21 heavy (non-hydrogen) atoms. The quantitative estimate of drug-likeness (QED) is 0.804. The van der Waals surface area contributed by atoms with Gasteiger partial charge < -0.3 is 15.4 Å². The van der Waals surface area contributed by atoms with Crippen LogP contribution in [0, 0.1) is 5.92 Å². The van der Waals surface area contributed by atoms with Gasteiger partial charge in [0, 0.05) is 19.1 Å². The van der Waals surface area contributed by atoms with Crippen LogP contribution in [-0.4, -0.2) is 42.0 Å². The summed E-state index contributed by atoms with van der Waals surface area (Å²) in [5, 5.41) is 4.04. The van der Waals surface area contributed by atoms with Crippen molar-refractivity contribution in [3.63, 3.8) is 0 Å². The van der Waals surface area contributed by atoms with Gasteiger partial charge in [-0.05, 0) is 12.3 Å². The number of nitrogens with two attached hydrogens (primary N) is 1. The number of ether oxygens (including phenoxy) is 1. The molecule has 0 radical (unpaired) electrons. The van der Waals surface area contributed by atoms with Crippen molar-refractivity contribution >= 4 is 23.3 Å². The van der Waals surface area contributed by atoms with Crippen LogP contribution in [0.2, 0.25) is 5.02 Å². The molecule has 1 saturated heterocycles. The van der Waals surface area contributed by atoms with Gasteiger partial charge in [-0.3, -0.25) is 9.59 Å². The average Bonchev–Trinajstić information content (AvgIpc) is 2.42. The predicted octanol–water partition coefficient (Wildman–Crippen LogP) is 0.243. The van der Waals surface area contributed by atoms with Gasteiger partial charge in [0.25, 0.3) is 5.56 Å². The van der Waals surface area contributed by atoms with E-state index in [1.54, 1.807) is 0 Å². The molecule has 1 aliphatic rings. The van der Waals surface area contributed by atoms with Crippen molar-refractivity contribution in [1.82, 2.24) is 9.78 Å². The first kappa shape index (κ1) is 15.8. The zero-order valence-corrected chi connectivity index (χ0v) is 12.8. The molecule has 0 bridgehead atoms. The molecule has 7 nitrogen and oxygen atoms in total. The number of aromatic nitrogens is 2.